The molecule has 2 N–H and O–H groups in total. The van der Waals surface area contributed by atoms with Crippen LogP contribution in [0.2, 0.25) is 0 Å². The smallest absolute Gasteiger partial charge is 0.217 e. The summed E-state index contributed by atoms with van der Waals surface area (Å²) in [5.41, 5.74) is -0.0775. The van der Waals surface area contributed by atoms with Crippen molar-refractivity contribution in [1.29, 1.82) is 0 Å². The van der Waals surface area contributed by atoms with Gasteiger partial charge in [0.25, 0.3) is 0 Å². The third kappa shape index (κ3) is 43.9. The van der Waals surface area contributed by atoms with Gasteiger partial charge in [-0.15, -0.1) is 0 Å². The molecule has 0 aliphatic carbocycles. The lowest BCUT2D eigenvalue weighted by Gasteiger charge is -2.18. The van der Waals surface area contributed by atoms with Gasteiger partial charge in [0, 0.05) is 26.4 Å². The van der Waals surface area contributed by atoms with Crippen molar-refractivity contribution in [2.24, 2.45) is 0 Å². The highest BCUT2D eigenvalue weighted by Gasteiger charge is 2.08. The quantitative estimate of drug-likeness (QED) is 0.650. The Hall–Kier alpha value is -1.06. The third-order valence-electron chi connectivity index (χ3n) is 0.903. The van der Waals surface area contributed by atoms with Crippen molar-refractivity contribution in [3.8, 4) is 0 Å². The van der Waals surface area contributed by atoms with Crippen molar-refractivity contribution in [2.75, 3.05) is 7.05 Å². The monoisotopic (exact) mass is 218 g/mol. The van der Waals surface area contributed by atoms with Crippen LogP contribution in [0.5, 0.6) is 0 Å². The Bertz CT molecular complexity index is 172. The molecule has 0 aromatic rings. The fourth-order valence-electron chi connectivity index (χ4n) is 0.528. The molecule has 15 heavy (non-hydrogen) atoms. The van der Waals surface area contributed by atoms with Gasteiger partial charge in [0.2, 0.25) is 11.8 Å². The molecule has 0 rings (SSSR count). The summed E-state index contributed by atoms with van der Waals surface area (Å²) in [4.78, 5) is 20.0. The molecule has 0 spiro atoms. The van der Waals surface area contributed by atoms with Gasteiger partial charge in [-0.3, -0.25) is 9.59 Å². The van der Waals surface area contributed by atoms with Crippen LogP contribution in [0.1, 0.15) is 48.5 Å². The molecule has 0 fully saturated rings. The minimum absolute atomic E-state index is 0.00463. The molecule has 92 valence electrons. The molecule has 0 saturated carbocycles. The van der Waals surface area contributed by atoms with E-state index in [0.717, 1.165) is 0 Å². The van der Waals surface area contributed by atoms with Crippen molar-refractivity contribution in [1.82, 2.24) is 10.6 Å². The zero-order valence-electron chi connectivity index (χ0n) is 11.3. The standard InChI is InChI=1S/C6H13NO.C3H7NO.C2H6/c1-5(8)7-6(2,3)4;1-3(5)4-2;1-2/h1-4H3,(H,7,8);1-2H3,(H,4,5);1-2H3. The lowest BCUT2D eigenvalue weighted by molar-refractivity contribution is -0.120. The van der Waals surface area contributed by atoms with E-state index >= 15 is 0 Å². The Morgan fingerprint density at radius 3 is 1.20 bits per heavy atom. The van der Waals surface area contributed by atoms with E-state index < -0.39 is 0 Å². The first kappa shape index (κ1) is 19.5. The van der Waals surface area contributed by atoms with Crippen molar-refractivity contribution in [3.63, 3.8) is 0 Å². The second-order valence-electron chi connectivity index (χ2n) is 3.74. The second-order valence-corrected chi connectivity index (χ2v) is 3.74. The SMILES string of the molecule is CC.CC(=O)NC(C)(C)C.CNC(C)=O. The van der Waals surface area contributed by atoms with E-state index in [4.69, 9.17) is 0 Å². The summed E-state index contributed by atoms with van der Waals surface area (Å²) in [7, 11) is 1.60. The summed E-state index contributed by atoms with van der Waals surface area (Å²) in [5, 5.41) is 5.13. The van der Waals surface area contributed by atoms with Gasteiger partial charge in [0.15, 0.2) is 0 Å². The molecule has 0 aromatic carbocycles. The van der Waals surface area contributed by atoms with E-state index in [9.17, 15) is 9.59 Å². The van der Waals surface area contributed by atoms with Crippen molar-refractivity contribution >= 4 is 11.8 Å². The predicted molar refractivity (Wildman–Crippen MR) is 64.7 cm³/mol. The lowest BCUT2D eigenvalue weighted by Crippen LogP contribution is -2.38. The molecule has 0 bridgehead atoms. The summed E-state index contributed by atoms with van der Waals surface area (Å²) < 4.78 is 0. The third-order valence-corrected chi connectivity index (χ3v) is 0.903. The second kappa shape index (κ2) is 11.0. The normalized spacial score (nSPS) is 8.53. The van der Waals surface area contributed by atoms with Gasteiger partial charge in [-0.2, -0.15) is 0 Å². The number of rotatable bonds is 0. The Balaban J connectivity index is -0.000000177. The number of hydrogen-bond donors (Lipinski definition) is 2. The molecule has 0 atom stereocenters. The minimum atomic E-state index is -0.0775. The van der Waals surface area contributed by atoms with Crippen LogP contribution in [-0.4, -0.2) is 24.4 Å². The molecule has 0 aromatic heterocycles. The summed E-state index contributed by atoms with van der Waals surface area (Å²) in [6, 6.07) is 0. The first-order chi connectivity index (χ1) is 6.69. The maximum Gasteiger partial charge on any atom is 0.217 e. The number of hydrogen-bond acceptors (Lipinski definition) is 2. The molecule has 4 heteroatoms. The van der Waals surface area contributed by atoms with E-state index in [0.29, 0.717) is 0 Å². The lowest BCUT2D eigenvalue weighted by atomic mass is 10.1. The molecular weight excluding hydrogens is 192 g/mol. The van der Waals surface area contributed by atoms with Gasteiger partial charge in [-0.05, 0) is 20.8 Å². The highest BCUT2D eigenvalue weighted by atomic mass is 16.2. The zero-order chi connectivity index (χ0) is 13.1. The van der Waals surface area contributed by atoms with Crippen LogP contribution in [-0.2, 0) is 9.59 Å². The molecule has 0 aliphatic heterocycles. The number of amides is 2. The largest absolute Gasteiger partial charge is 0.359 e. The molecule has 0 heterocycles. The molecular formula is C11H26N2O2. The van der Waals surface area contributed by atoms with Gasteiger partial charge in [0.05, 0.1) is 0 Å². The van der Waals surface area contributed by atoms with Crippen LogP contribution in [0.15, 0.2) is 0 Å². The average molecular weight is 218 g/mol. The molecule has 0 unspecified atom stereocenters. The van der Waals surface area contributed by atoms with Crippen molar-refractivity contribution in [3.05, 3.63) is 0 Å². The molecule has 0 aliphatic rings. The van der Waals surface area contributed by atoms with E-state index in [1.54, 1.807) is 7.05 Å². The first-order valence-corrected chi connectivity index (χ1v) is 5.16. The summed E-state index contributed by atoms with van der Waals surface area (Å²) >= 11 is 0. The molecule has 0 saturated heterocycles. The molecule has 4 nitrogen and oxygen atoms in total. The van der Waals surface area contributed by atoms with Crippen LogP contribution >= 0.6 is 0 Å². The highest BCUT2D eigenvalue weighted by molar-refractivity contribution is 5.73. The minimum Gasteiger partial charge on any atom is -0.359 e. The van der Waals surface area contributed by atoms with Gasteiger partial charge in [0.1, 0.15) is 0 Å². The maximum absolute atomic E-state index is 10.3. The van der Waals surface area contributed by atoms with Gasteiger partial charge < -0.3 is 10.6 Å². The van der Waals surface area contributed by atoms with Gasteiger partial charge >= 0.3 is 0 Å². The summed E-state index contributed by atoms with van der Waals surface area (Å²) in [5.74, 6) is 0.0301. The van der Waals surface area contributed by atoms with E-state index in [1.807, 2.05) is 34.6 Å². The highest BCUT2D eigenvalue weighted by Crippen LogP contribution is 1.96. The summed E-state index contributed by atoms with van der Waals surface area (Å²) in [6.45, 7) is 12.8. The number of carbonyl (C=O) groups excluding carboxylic acids is 2. The molecule has 0 radical (unpaired) electrons. The number of carbonyl (C=O) groups is 2. The van der Waals surface area contributed by atoms with Crippen LogP contribution < -0.4 is 10.6 Å². The van der Waals surface area contributed by atoms with Crippen LogP contribution in [0.25, 0.3) is 0 Å². The van der Waals surface area contributed by atoms with E-state index in [1.165, 1.54) is 13.8 Å². The van der Waals surface area contributed by atoms with Gasteiger partial charge in [-0.25, -0.2) is 0 Å². The fraction of sp³-hybridized carbons (Fsp3) is 0.818. The van der Waals surface area contributed by atoms with Crippen LogP contribution in [0.4, 0.5) is 0 Å². The Morgan fingerprint density at radius 1 is 0.933 bits per heavy atom. The van der Waals surface area contributed by atoms with Gasteiger partial charge in [-0.1, -0.05) is 13.8 Å². The van der Waals surface area contributed by atoms with Crippen LogP contribution in [0, 0.1) is 0 Å². The first-order valence-electron chi connectivity index (χ1n) is 5.16. The Morgan fingerprint density at radius 2 is 1.20 bits per heavy atom. The molecule has 2 amide bonds. The van der Waals surface area contributed by atoms with E-state index in [-0.39, 0.29) is 17.4 Å². The Labute approximate surface area is 93.8 Å². The summed E-state index contributed by atoms with van der Waals surface area (Å²) in [6.07, 6.45) is 0. The fourth-order valence-corrected chi connectivity index (χ4v) is 0.528. The predicted octanol–water partition coefficient (Wildman–Crippen LogP) is 1.70. The topological polar surface area (TPSA) is 58.2 Å². The Kier molecular flexibility index (Phi) is 14.3. The average Bonchev–Trinajstić information content (AvgIpc) is 2.04. The zero-order valence-corrected chi connectivity index (χ0v) is 11.3. The van der Waals surface area contributed by atoms with Crippen molar-refractivity contribution in [2.45, 2.75) is 54.0 Å². The maximum atomic E-state index is 10.3. The van der Waals surface area contributed by atoms with E-state index in [2.05, 4.69) is 10.6 Å². The van der Waals surface area contributed by atoms with Crippen molar-refractivity contribution < 1.29 is 9.59 Å². The number of nitrogens with one attached hydrogen (secondary N) is 2. The van der Waals surface area contributed by atoms with Crippen LogP contribution in [0.3, 0.4) is 0 Å².